The van der Waals surface area contributed by atoms with Gasteiger partial charge in [-0.3, -0.25) is 0 Å². The Hall–Kier alpha value is -2.57. The van der Waals surface area contributed by atoms with E-state index in [9.17, 15) is 9.59 Å². The van der Waals surface area contributed by atoms with Crippen molar-refractivity contribution < 1.29 is 23.8 Å². The molecule has 7 nitrogen and oxygen atoms in total. The van der Waals surface area contributed by atoms with Gasteiger partial charge in [-0.15, -0.1) is 0 Å². The number of hydrogen-bond donors (Lipinski definition) is 0. The summed E-state index contributed by atoms with van der Waals surface area (Å²) in [5.74, 6) is -0.990. The van der Waals surface area contributed by atoms with E-state index >= 15 is 0 Å². The van der Waals surface area contributed by atoms with Gasteiger partial charge in [0.1, 0.15) is 6.26 Å². The summed E-state index contributed by atoms with van der Waals surface area (Å²) in [6.07, 6.45) is 0.386. The first-order valence-electron chi connectivity index (χ1n) is 7.72. The molecule has 0 spiro atoms. The number of nitrogens with zero attached hydrogens (tertiary/aromatic N) is 2. The third-order valence-electron chi connectivity index (χ3n) is 4.13. The van der Waals surface area contributed by atoms with E-state index in [1.165, 1.54) is 10.9 Å². The summed E-state index contributed by atoms with van der Waals surface area (Å²) in [6, 6.07) is 0. The summed E-state index contributed by atoms with van der Waals surface area (Å²) in [5, 5.41) is 4.36. The Morgan fingerprint density at radius 2 is 1.96 bits per heavy atom. The average Bonchev–Trinajstić information content (AvgIpc) is 2.93. The molecule has 0 bridgehead atoms. The molecule has 0 aliphatic carbocycles. The molecule has 1 aromatic rings. The summed E-state index contributed by atoms with van der Waals surface area (Å²) in [7, 11) is 0. The number of ether oxygens (including phenoxy) is 3. The van der Waals surface area contributed by atoms with Gasteiger partial charge in [0.15, 0.2) is 5.70 Å². The van der Waals surface area contributed by atoms with Gasteiger partial charge in [-0.2, -0.15) is 5.10 Å². The highest BCUT2D eigenvalue weighted by atomic mass is 16.7. The van der Waals surface area contributed by atoms with Crippen LogP contribution in [0.3, 0.4) is 0 Å². The van der Waals surface area contributed by atoms with Crippen LogP contribution in [0.4, 0.5) is 0 Å². The van der Waals surface area contributed by atoms with E-state index in [-0.39, 0.29) is 12.3 Å². The lowest BCUT2D eigenvalue weighted by Gasteiger charge is -2.14. The molecule has 0 N–H and O–H groups in total. The third-order valence-corrected chi connectivity index (χ3v) is 4.13. The first-order chi connectivity index (χ1) is 11.3. The summed E-state index contributed by atoms with van der Waals surface area (Å²) >= 11 is 0. The van der Waals surface area contributed by atoms with Crippen LogP contribution >= 0.6 is 0 Å². The molecular weight excluding hydrogens is 312 g/mol. The minimum atomic E-state index is -0.847. The second kappa shape index (κ2) is 6.90. The highest BCUT2D eigenvalue weighted by Gasteiger charge is 2.30. The summed E-state index contributed by atoms with van der Waals surface area (Å²) in [6.45, 7) is 11.0. The van der Waals surface area contributed by atoms with Crippen molar-refractivity contribution in [3.63, 3.8) is 0 Å². The Morgan fingerprint density at radius 1 is 1.29 bits per heavy atom. The van der Waals surface area contributed by atoms with E-state index in [1.54, 1.807) is 20.8 Å². The molecule has 130 valence electrons. The van der Waals surface area contributed by atoms with E-state index in [1.807, 2.05) is 20.8 Å². The van der Waals surface area contributed by atoms with E-state index < -0.39 is 18.2 Å². The topological polar surface area (TPSA) is 79.7 Å². The number of esters is 2. The molecule has 0 aromatic carbocycles. The highest BCUT2D eigenvalue weighted by Crippen LogP contribution is 2.24. The number of hydrogen-bond acceptors (Lipinski definition) is 6. The van der Waals surface area contributed by atoms with Gasteiger partial charge in [-0.05, 0) is 47.1 Å². The molecule has 1 aliphatic rings. The van der Waals surface area contributed by atoms with Crippen molar-refractivity contribution in [2.24, 2.45) is 0 Å². The Labute approximate surface area is 140 Å². The van der Waals surface area contributed by atoms with E-state index in [4.69, 9.17) is 14.2 Å². The smallest absolute Gasteiger partial charge is 0.360 e. The van der Waals surface area contributed by atoms with Gasteiger partial charge in [-0.25, -0.2) is 14.3 Å². The molecule has 1 unspecified atom stereocenters. The van der Waals surface area contributed by atoms with Crippen LogP contribution in [-0.4, -0.2) is 34.6 Å². The maximum Gasteiger partial charge on any atom is 0.360 e. The lowest BCUT2D eigenvalue weighted by Crippen LogP contribution is -2.18. The maximum atomic E-state index is 12.3. The molecule has 0 saturated heterocycles. The predicted octanol–water partition coefficient (Wildman–Crippen LogP) is 2.41. The fourth-order valence-electron chi connectivity index (χ4n) is 2.21. The van der Waals surface area contributed by atoms with Crippen molar-refractivity contribution in [2.75, 3.05) is 6.61 Å². The lowest BCUT2D eigenvalue weighted by atomic mass is 10.2. The largest absolute Gasteiger partial charge is 0.461 e. The number of cyclic esters (lactones) is 1. The molecule has 0 radical (unpaired) electrons. The molecule has 7 heteroatoms. The third kappa shape index (κ3) is 3.20. The van der Waals surface area contributed by atoms with Crippen molar-refractivity contribution >= 4 is 17.6 Å². The zero-order chi connectivity index (χ0) is 18.0. The van der Waals surface area contributed by atoms with Crippen LogP contribution in [-0.2, 0) is 23.8 Å². The van der Waals surface area contributed by atoms with Crippen molar-refractivity contribution in [3.8, 4) is 0 Å². The fourth-order valence-corrected chi connectivity index (χ4v) is 2.21. The van der Waals surface area contributed by atoms with Crippen molar-refractivity contribution in [3.05, 3.63) is 34.4 Å². The minimum Gasteiger partial charge on any atom is -0.461 e. The van der Waals surface area contributed by atoms with Crippen molar-refractivity contribution in [2.45, 2.75) is 47.8 Å². The standard InChI is InChI=1S/C17H22N2O5/c1-7-22-16(21)14(19-13(6)11(4)12(5)18-19)8-23-17-10(3)9(2)15(20)24-17/h8,17H,7H2,1-6H3/b14-8-. The second-order valence-corrected chi connectivity index (χ2v) is 5.61. The Kier molecular flexibility index (Phi) is 5.11. The van der Waals surface area contributed by atoms with Gasteiger partial charge in [-0.1, -0.05) is 0 Å². The van der Waals surface area contributed by atoms with Gasteiger partial charge in [0.25, 0.3) is 6.29 Å². The van der Waals surface area contributed by atoms with Crippen LogP contribution in [0.1, 0.15) is 37.7 Å². The molecule has 0 amide bonds. The van der Waals surface area contributed by atoms with Crippen molar-refractivity contribution in [1.29, 1.82) is 0 Å². The van der Waals surface area contributed by atoms with Crippen molar-refractivity contribution in [1.82, 2.24) is 9.78 Å². The number of aryl methyl sites for hydroxylation is 1. The first-order valence-corrected chi connectivity index (χ1v) is 7.72. The van der Waals surface area contributed by atoms with Gasteiger partial charge >= 0.3 is 11.9 Å². The van der Waals surface area contributed by atoms with Crippen LogP contribution in [0.5, 0.6) is 0 Å². The van der Waals surface area contributed by atoms with Gasteiger partial charge in [0.2, 0.25) is 0 Å². The van der Waals surface area contributed by atoms with Crippen LogP contribution in [0.15, 0.2) is 17.4 Å². The molecule has 2 rings (SSSR count). The average molecular weight is 334 g/mol. The summed E-state index contributed by atoms with van der Waals surface area (Å²) < 4.78 is 17.2. The number of carbonyl (C=O) groups is 2. The highest BCUT2D eigenvalue weighted by molar-refractivity contribution is 6.09. The molecule has 0 fully saturated rings. The number of carbonyl (C=O) groups excluding carboxylic acids is 2. The summed E-state index contributed by atoms with van der Waals surface area (Å²) in [4.78, 5) is 23.8. The van der Waals surface area contributed by atoms with Crippen LogP contribution in [0.2, 0.25) is 0 Å². The summed E-state index contributed by atoms with van der Waals surface area (Å²) in [5.41, 5.74) is 3.89. The molecule has 1 aromatic heterocycles. The predicted molar refractivity (Wildman–Crippen MR) is 86.7 cm³/mol. The van der Waals surface area contributed by atoms with Crippen LogP contribution in [0, 0.1) is 20.8 Å². The number of rotatable bonds is 5. The van der Waals surface area contributed by atoms with Gasteiger partial charge in [0.05, 0.1) is 12.3 Å². The fraction of sp³-hybridized carbons (Fsp3) is 0.471. The molecular formula is C17H22N2O5. The van der Waals surface area contributed by atoms with Crippen LogP contribution in [0.25, 0.3) is 5.70 Å². The lowest BCUT2D eigenvalue weighted by molar-refractivity contribution is -0.152. The van der Waals surface area contributed by atoms with Crippen LogP contribution < -0.4 is 0 Å². The Morgan fingerprint density at radius 3 is 2.42 bits per heavy atom. The monoisotopic (exact) mass is 334 g/mol. The van der Waals surface area contributed by atoms with Gasteiger partial charge in [0, 0.05) is 16.8 Å². The molecule has 2 heterocycles. The normalized spacial score (nSPS) is 18.0. The van der Waals surface area contributed by atoms with Gasteiger partial charge < -0.3 is 14.2 Å². The zero-order valence-electron chi connectivity index (χ0n) is 14.8. The zero-order valence-corrected chi connectivity index (χ0v) is 14.8. The Balaban J connectivity index is 2.35. The van der Waals surface area contributed by atoms with E-state index in [2.05, 4.69) is 5.10 Å². The maximum absolute atomic E-state index is 12.3. The SMILES string of the molecule is CCOC(=O)/C(=C/OC1OC(=O)C(C)=C1C)n1nc(C)c(C)c1C. The first kappa shape index (κ1) is 17.8. The van der Waals surface area contributed by atoms with E-state index in [0.29, 0.717) is 11.1 Å². The Bertz CT molecular complexity index is 742. The quantitative estimate of drug-likeness (QED) is 0.467. The number of aromatic nitrogens is 2. The molecule has 1 aliphatic heterocycles. The molecule has 0 saturated carbocycles. The molecule has 24 heavy (non-hydrogen) atoms. The second-order valence-electron chi connectivity index (χ2n) is 5.61. The minimum absolute atomic E-state index is 0.124. The molecule has 1 atom stereocenters. The van der Waals surface area contributed by atoms with E-state index in [0.717, 1.165) is 17.0 Å².